The van der Waals surface area contributed by atoms with Gasteiger partial charge >= 0.3 is 18.3 Å². The Morgan fingerprint density at radius 1 is 1.13 bits per heavy atom. The maximum absolute atomic E-state index is 13.7. The number of nitrogen functional groups attached to an aromatic ring is 1. The van der Waals surface area contributed by atoms with E-state index >= 15 is 0 Å². The zero-order valence-electron chi connectivity index (χ0n) is 25.6. The van der Waals surface area contributed by atoms with Crippen LogP contribution in [0.4, 0.5) is 37.3 Å². The van der Waals surface area contributed by atoms with E-state index in [-0.39, 0.29) is 17.7 Å². The fraction of sp³-hybridized carbons (Fsp3) is 0.433. The van der Waals surface area contributed by atoms with E-state index in [0.29, 0.717) is 40.1 Å². The molecule has 0 saturated carbocycles. The normalized spacial score (nSPS) is 15.7. The van der Waals surface area contributed by atoms with Gasteiger partial charge in [0.15, 0.2) is 10.9 Å². The van der Waals surface area contributed by atoms with Crippen molar-refractivity contribution in [1.29, 1.82) is 0 Å². The zero-order valence-corrected chi connectivity index (χ0v) is 26.5. The number of hydrogen-bond donors (Lipinski definition) is 2. The van der Waals surface area contributed by atoms with Crippen LogP contribution in [0, 0.1) is 5.92 Å². The molecule has 0 radical (unpaired) electrons. The van der Waals surface area contributed by atoms with Crippen molar-refractivity contribution in [1.82, 2.24) is 24.8 Å². The van der Waals surface area contributed by atoms with Gasteiger partial charge in [0.25, 0.3) is 0 Å². The number of para-hydroxylation sites is 1. The second-order valence-corrected chi connectivity index (χ2v) is 12.3. The summed E-state index contributed by atoms with van der Waals surface area (Å²) in [6.45, 7) is 6.85. The first-order valence-corrected chi connectivity index (χ1v) is 15.3. The average Bonchev–Trinajstić information content (AvgIpc) is 3.38. The fourth-order valence-corrected chi connectivity index (χ4v) is 5.91. The molecule has 1 aliphatic rings. The number of pyridine rings is 1. The fourth-order valence-electron chi connectivity index (χ4n) is 5.15. The van der Waals surface area contributed by atoms with Crippen LogP contribution >= 0.6 is 11.3 Å². The van der Waals surface area contributed by atoms with Gasteiger partial charge in [0, 0.05) is 37.8 Å². The summed E-state index contributed by atoms with van der Waals surface area (Å²) in [5, 5.41) is 7.54. The smallest absolute Gasteiger partial charge is 0.475 e. The van der Waals surface area contributed by atoms with Crippen LogP contribution in [-0.2, 0) is 11.0 Å². The number of alkyl halides is 6. The molecule has 4 heterocycles. The van der Waals surface area contributed by atoms with E-state index in [1.165, 1.54) is 23.7 Å². The number of ether oxygens (including phenoxy) is 1. The molecule has 47 heavy (non-hydrogen) atoms. The summed E-state index contributed by atoms with van der Waals surface area (Å²) in [4.78, 5) is 30.2. The van der Waals surface area contributed by atoms with Gasteiger partial charge in [-0.25, -0.2) is 24.7 Å². The molecule has 10 nitrogen and oxygen atoms in total. The van der Waals surface area contributed by atoms with Crippen LogP contribution in [-0.4, -0.2) is 74.8 Å². The molecular formula is C30H33F6N7O3S. The van der Waals surface area contributed by atoms with Gasteiger partial charge in [-0.15, -0.1) is 0 Å². The summed E-state index contributed by atoms with van der Waals surface area (Å²) in [7, 11) is 1.79. The minimum atomic E-state index is -5.08. The molecule has 1 fully saturated rings. The van der Waals surface area contributed by atoms with Crippen molar-refractivity contribution in [2.45, 2.75) is 51.5 Å². The minimum absolute atomic E-state index is 0.212. The number of nitrogens with zero attached hydrogens (tertiary/aromatic N) is 6. The van der Waals surface area contributed by atoms with Crippen molar-refractivity contribution in [3.63, 3.8) is 0 Å². The third-order valence-electron chi connectivity index (χ3n) is 7.13. The van der Waals surface area contributed by atoms with Gasteiger partial charge in [-0.3, -0.25) is 4.90 Å². The number of likely N-dealkylation sites (tertiary alicyclic amines) is 1. The number of nitrogens with two attached hydrogens (primary N) is 1. The van der Waals surface area contributed by atoms with Crippen LogP contribution in [0.25, 0.3) is 21.5 Å². The molecule has 3 N–H and O–H groups in total. The zero-order chi connectivity index (χ0) is 34.5. The Hall–Kier alpha value is -4.25. The Morgan fingerprint density at radius 2 is 1.85 bits per heavy atom. The van der Waals surface area contributed by atoms with Gasteiger partial charge in [0.2, 0.25) is 5.88 Å². The van der Waals surface area contributed by atoms with Gasteiger partial charge in [0.05, 0.1) is 10.4 Å². The maximum atomic E-state index is 13.7. The summed E-state index contributed by atoms with van der Waals surface area (Å²) in [5.41, 5.74) is 6.40. The summed E-state index contributed by atoms with van der Waals surface area (Å²) in [6, 6.07) is 9.71. The minimum Gasteiger partial charge on any atom is -0.475 e. The van der Waals surface area contributed by atoms with E-state index < -0.39 is 24.0 Å². The molecule has 1 unspecified atom stereocenters. The number of likely N-dealkylation sites (N-methyl/N-ethyl adjacent to an activating group) is 1. The molecule has 1 aromatic carbocycles. The van der Waals surface area contributed by atoms with Crippen molar-refractivity contribution in [2.75, 3.05) is 37.3 Å². The van der Waals surface area contributed by atoms with Crippen molar-refractivity contribution < 1.29 is 41.0 Å². The van der Waals surface area contributed by atoms with Crippen molar-refractivity contribution in [3.8, 4) is 22.9 Å². The van der Waals surface area contributed by atoms with E-state index in [4.69, 9.17) is 20.4 Å². The molecule has 0 aliphatic carbocycles. The second kappa shape index (κ2) is 14.7. The number of rotatable bonds is 8. The molecule has 254 valence electrons. The Morgan fingerprint density at radius 3 is 2.51 bits per heavy atom. The molecule has 1 atom stereocenters. The number of carboxylic acids is 1. The Labute approximate surface area is 270 Å². The lowest BCUT2D eigenvalue weighted by Gasteiger charge is -2.39. The molecule has 3 aromatic heterocycles. The highest BCUT2D eigenvalue weighted by molar-refractivity contribution is 7.22. The van der Waals surface area contributed by atoms with E-state index in [9.17, 15) is 26.3 Å². The van der Waals surface area contributed by atoms with Gasteiger partial charge in [-0.05, 0) is 49.6 Å². The number of aliphatic carboxylic acids is 1. The standard InChI is InChI=1S/C28H32F3N7OS.C2HF3O2/c1-17(2)14-38-12-5-4-7-18(38)15-37(3)26-19(10-11-23(35-26)28(29,30)31)20-13-24(34-16-33-20)39-21-8-6-9-22-25(21)36-27(32)40-22;3-2(4,5)1(6)7/h6,8-11,13,16-18H,4-5,7,12,14-15H2,1-3H3,(H2,32,36);(H,6,7). The molecule has 0 amide bonds. The van der Waals surface area contributed by atoms with Gasteiger partial charge in [0.1, 0.15) is 23.4 Å². The first kappa shape index (κ1) is 35.6. The lowest BCUT2D eigenvalue weighted by atomic mass is 10.00. The summed E-state index contributed by atoms with van der Waals surface area (Å²) < 4.78 is 79.8. The van der Waals surface area contributed by atoms with Crippen LogP contribution in [0.3, 0.4) is 0 Å². The SMILES string of the molecule is CC(C)CN1CCCCC1CN(C)c1nc(C(F)(F)F)ccc1-c1cc(Oc2cccc3sc(N)nc23)ncn1.O=C(O)C(F)(F)F. The van der Waals surface area contributed by atoms with E-state index in [1.54, 1.807) is 19.2 Å². The quantitative estimate of drug-likeness (QED) is 0.185. The molecule has 0 spiro atoms. The van der Waals surface area contributed by atoms with Crippen LogP contribution in [0.5, 0.6) is 11.6 Å². The highest BCUT2D eigenvalue weighted by Gasteiger charge is 2.38. The van der Waals surface area contributed by atoms with Crippen molar-refractivity contribution in [3.05, 3.63) is 48.4 Å². The number of hydrogen-bond acceptors (Lipinski definition) is 10. The number of piperidine rings is 1. The number of carboxylic acid groups (broad SMARTS) is 1. The third kappa shape index (κ3) is 9.41. The van der Waals surface area contributed by atoms with Crippen LogP contribution < -0.4 is 15.4 Å². The van der Waals surface area contributed by atoms with Crippen LogP contribution in [0.15, 0.2) is 42.7 Å². The molecule has 0 bridgehead atoms. The topological polar surface area (TPSA) is 131 Å². The first-order chi connectivity index (χ1) is 22.0. The molecule has 1 saturated heterocycles. The predicted molar refractivity (Wildman–Crippen MR) is 165 cm³/mol. The van der Waals surface area contributed by atoms with Gasteiger partial charge < -0.3 is 20.5 Å². The Bertz CT molecular complexity index is 1680. The van der Waals surface area contributed by atoms with E-state index in [1.807, 2.05) is 17.0 Å². The summed E-state index contributed by atoms with van der Waals surface area (Å²) in [5.74, 6) is -1.34. The Kier molecular flexibility index (Phi) is 11.1. The Balaban J connectivity index is 0.000000644. The van der Waals surface area contributed by atoms with E-state index in [0.717, 1.165) is 43.1 Å². The van der Waals surface area contributed by atoms with Crippen molar-refractivity contribution >= 4 is 38.5 Å². The summed E-state index contributed by atoms with van der Waals surface area (Å²) >= 11 is 1.35. The number of aromatic nitrogens is 4. The number of thiazole rings is 1. The van der Waals surface area contributed by atoms with Gasteiger partial charge in [-0.1, -0.05) is 37.7 Å². The molecule has 5 rings (SSSR count). The number of halogens is 6. The van der Waals surface area contributed by atoms with Crippen LogP contribution in [0.2, 0.25) is 0 Å². The second-order valence-electron chi connectivity index (χ2n) is 11.3. The molecule has 4 aromatic rings. The maximum Gasteiger partial charge on any atom is 0.490 e. The lowest BCUT2D eigenvalue weighted by Crippen LogP contribution is -2.47. The molecule has 17 heteroatoms. The highest BCUT2D eigenvalue weighted by atomic mass is 32.1. The third-order valence-corrected chi connectivity index (χ3v) is 7.98. The number of carbonyl (C=O) groups is 1. The monoisotopic (exact) mass is 685 g/mol. The number of benzene rings is 1. The van der Waals surface area contributed by atoms with Crippen LogP contribution in [0.1, 0.15) is 38.8 Å². The first-order valence-electron chi connectivity index (χ1n) is 14.5. The predicted octanol–water partition coefficient (Wildman–Crippen LogP) is 7.12. The molecule has 1 aliphatic heterocycles. The highest BCUT2D eigenvalue weighted by Crippen LogP contribution is 2.37. The van der Waals surface area contributed by atoms with Crippen molar-refractivity contribution in [2.24, 2.45) is 5.92 Å². The van der Waals surface area contributed by atoms with Gasteiger partial charge in [-0.2, -0.15) is 26.3 Å². The number of anilines is 2. The molecular weight excluding hydrogens is 652 g/mol. The number of fused-ring (bicyclic) bond motifs is 1. The lowest BCUT2D eigenvalue weighted by molar-refractivity contribution is -0.192. The summed E-state index contributed by atoms with van der Waals surface area (Å²) in [6.07, 6.45) is -5.11. The average molecular weight is 686 g/mol. The van der Waals surface area contributed by atoms with E-state index in [2.05, 4.69) is 38.7 Å². The largest absolute Gasteiger partial charge is 0.490 e.